The van der Waals surface area contributed by atoms with Crippen molar-refractivity contribution in [2.75, 3.05) is 10.7 Å². The van der Waals surface area contributed by atoms with E-state index in [1.807, 2.05) is 52.9 Å². The van der Waals surface area contributed by atoms with E-state index in [1.54, 1.807) is 18.0 Å². The predicted octanol–water partition coefficient (Wildman–Crippen LogP) is 3.38. The molecule has 0 N–H and O–H groups in total. The second-order valence-electron chi connectivity index (χ2n) is 5.05. The lowest BCUT2D eigenvalue weighted by atomic mass is 10.1. The number of hydrogen-bond acceptors (Lipinski definition) is 6. The summed E-state index contributed by atoms with van der Waals surface area (Å²) in [6.07, 6.45) is 3.56. The number of anilines is 1. The number of thioether (sulfide) groups is 1. The molecular weight excluding hydrogens is 328 g/mol. The lowest BCUT2D eigenvalue weighted by Gasteiger charge is -2.24. The van der Waals surface area contributed by atoms with Crippen molar-refractivity contribution in [3.05, 3.63) is 59.7 Å². The topological polar surface area (TPSA) is 59.0 Å². The summed E-state index contributed by atoms with van der Waals surface area (Å²) in [4.78, 5) is 18.3. The summed E-state index contributed by atoms with van der Waals surface area (Å²) < 4.78 is 3.88. The number of rotatable bonds is 3. The van der Waals surface area contributed by atoms with Crippen LogP contribution in [0.2, 0.25) is 0 Å². The molecule has 7 heteroatoms. The van der Waals surface area contributed by atoms with Gasteiger partial charge in [-0.05, 0) is 29.7 Å². The molecule has 1 fully saturated rings. The molecule has 23 heavy (non-hydrogen) atoms. The Morgan fingerprint density at radius 2 is 2.04 bits per heavy atom. The van der Waals surface area contributed by atoms with Crippen LogP contribution in [0.5, 0.6) is 0 Å². The van der Waals surface area contributed by atoms with Crippen LogP contribution < -0.4 is 4.90 Å². The van der Waals surface area contributed by atoms with Crippen LogP contribution in [0, 0.1) is 0 Å². The van der Waals surface area contributed by atoms with Crippen molar-refractivity contribution in [2.24, 2.45) is 0 Å². The van der Waals surface area contributed by atoms with Gasteiger partial charge in [0.25, 0.3) is 0 Å². The van der Waals surface area contributed by atoms with Gasteiger partial charge < -0.3 is 0 Å². The SMILES string of the molecule is O=C1CS[C@@H](c2cccnc2)N1c1ccc(-c2csnn2)cc1. The van der Waals surface area contributed by atoms with Crippen LogP contribution in [-0.2, 0) is 4.79 Å². The van der Waals surface area contributed by atoms with Gasteiger partial charge >= 0.3 is 0 Å². The lowest BCUT2D eigenvalue weighted by Crippen LogP contribution is -2.27. The number of carbonyl (C=O) groups is 1. The lowest BCUT2D eigenvalue weighted by molar-refractivity contribution is -0.115. The predicted molar refractivity (Wildman–Crippen MR) is 92.3 cm³/mol. The van der Waals surface area contributed by atoms with E-state index >= 15 is 0 Å². The Labute approximate surface area is 141 Å². The molecule has 2 aromatic heterocycles. The van der Waals surface area contributed by atoms with Crippen LogP contribution >= 0.6 is 23.3 Å². The van der Waals surface area contributed by atoms with E-state index in [0.717, 1.165) is 22.5 Å². The summed E-state index contributed by atoms with van der Waals surface area (Å²) in [6, 6.07) is 11.8. The molecule has 1 aromatic carbocycles. The van der Waals surface area contributed by atoms with Gasteiger partial charge in [0.05, 0.1) is 5.75 Å². The van der Waals surface area contributed by atoms with E-state index in [9.17, 15) is 4.79 Å². The molecule has 1 amide bonds. The number of carbonyl (C=O) groups excluding carboxylic acids is 1. The second-order valence-corrected chi connectivity index (χ2v) is 6.73. The zero-order valence-electron chi connectivity index (χ0n) is 12.0. The van der Waals surface area contributed by atoms with Gasteiger partial charge in [-0.25, -0.2) is 0 Å². The zero-order chi connectivity index (χ0) is 15.6. The molecule has 0 aliphatic carbocycles. The summed E-state index contributed by atoms with van der Waals surface area (Å²) >= 11 is 2.95. The monoisotopic (exact) mass is 340 g/mol. The van der Waals surface area contributed by atoms with Gasteiger partial charge in [-0.15, -0.1) is 16.9 Å². The van der Waals surface area contributed by atoms with E-state index in [-0.39, 0.29) is 11.3 Å². The van der Waals surface area contributed by atoms with E-state index in [2.05, 4.69) is 14.6 Å². The summed E-state index contributed by atoms with van der Waals surface area (Å²) in [5, 5.41) is 5.95. The quantitative estimate of drug-likeness (QED) is 0.731. The third-order valence-corrected chi connectivity index (χ3v) is 5.36. The van der Waals surface area contributed by atoms with Crippen molar-refractivity contribution < 1.29 is 4.79 Å². The fraction of sp³-hybridized carbons (Fsp3) is 0.125. The zero-order valence-corrected chi connectivity index (χ0v) is 13.6. The van der Waals surface area contributed by atoms with Crippen LogP contribution in [0.25, 0.3) is 11.3 Å². The first-order valence-corrected chi connectivity index (χ1v) is 8.92. The van der Waals surface area contributed by atoms with Gasteiger partial charge in [-0.2, -0.15) is 0 Å². The molecule has 3 aromatic rings. The standard InChI is InChI=1S/C16H12N4OS2/c21-15-10-22-16(12-2-1-7-17-8-12)20(15)13-5-3-11(4-6-13)14-9-23-19-18-14/h1-9,16H,10H2/t16-/m0/s1. The third kappa shape index (κ3) is 2.73. The Morgan fingerprint density at radius 1 is 1.17 bits per heavy atom. The molecule has 4 rings (SSSR count). The molecule has 3 heterocycles. The molecule has 114 valence electrons. The first kappa shape index (κ1) is 14.3. The number of hydrogen-bond donors (Lipinski definition) is 0. The van der Waals surface area contributed by atoms with Crippen molar-refractivity contribution in [3.63, 3.8) is 0 Å². The smallest absolute Gasteiger partial charge is 0.238 e. The highest BCUT2D eigenvalue weighted by atomic mass is 32.2. The normalized spacial score (nSPS) is 17.7. The number of aromatic nitrogens is 3. The summed E-state index contributed by atoms with van der Waals surface area (Å²) in [6.45, 7) is 0. The van der Waals surface area contributed by atoms with Crippen molar-refractivity contribution >= 4 is 34.9 Å². The number of amides is 1. The van der Waals surface area contributed by atoms with Gasteiger partial charge in [0.2, 0.25) is 5.91 Å². The van der Waals surface area contributed by atoms with Crippen LogP contribution in [0.1, 0.15) is 10.9 Å². The molecule has 0 saturated carbocycles. The molecule has 1 aliphatic rings. The molecule has 1 saturated heterocycles. The minimum atomic E-state index is -0.0250. The molecule has 1 aliphatic heterocycles. The van der Waals surface area contributed by atoms with Gasteiger partial charge in [0.1, 0.15) is 11.1 Å². The molecule has 5 nitrogen and oxygen atoms in total. The van der Waals surface area contributed by atoms with Crippen LogP contribution in [0.15, 0.2) is 54.2 Å². The van der Waals surface area contributed by atoms with Crippen molar-refractivity contribution in [1.29, 1.82) is 0 Å². The number of pyridine rings is 1. The second kappa shape index (κ2) is 6.10. The molecule has 0 spiro atoms. The van der Waals surface area contributed by atoms with Crippen LogP contribution in [0.4, 0.5) is 5.69 Å². The molecule has 0 unspecified atom stereocenters. The molecule has 0 bridgehead atoms. The Bertz CT molecular complexity index is 806. The maximum absolute atomic E-state index is 12.3. The Hall–Kier alpha value is -2.25. The minimum absolute atomic E-state index is 0.0250. The highest BCUT2D eigenvalue weighted by Crippen LogP contribution is 2.41. The molecule has 0 radical (unpaired) electrons. The summed E-state index contributed by atoms with van der Waals surface area (Å²) in [5.41, 5.74) is 3.78. The molecule has 1 atom stereocenters. The largest absolute Gasteiger partial charge is 0.295 e. The van der Waals surface area contributed by atoms with Gasteiger partial charge in [-0.3, -0.25) is 14.7 Å². The first-order valence-electron chi connectivity index (χ1n) is 7.04. The van der Waals surface area contributed by atoms with E-state index in [1.165, 1.54) is 11.5 Å². The van der Waals surface area contributed by atoms with Gasteiger partial charge in [0, 0.05) is 34.6 Å². The van der Waals surface area contributed by atoms with Crippen LogP contribution in [0.3, 0.4) is 0 Å². The van der Waals surface area contributed by atoms with E-state index in [0.29, 0.717) is 5.75 Å². The average molecular weight is 340 g/mol. The highest BCUT2D eigenvalue weighted by Gasteiger charge is 2.34. The molecular formula is C16H12N4OS2. The Kier molecular flexibility index (Phi) is 3.80. The van der Waals surface area contributed by atoms with Crippen molar-refractivity contribution in [2.45, 2.75) is 5.37 Å². The Morgan fingerprint density at radius 3 is 2.74 bits per heavy atom. The highest BCUT2D eigenvalue weighted by molar-refractivity contribution is 8.00. The first-order chi connectivity index (χ1) is 11.3. The third-order valence-electron chi connectivity index (χ3n) is 3.64. The fourth-order valence-corrected chi connectivity index (χ4v) is 4.18. The summed E-state index contributed by atoms with van der Waals surface area (Å²) in [5.74, 6) is 0.601. The fourth-order valence-electron chi connectivity index (χ4n) is 2.55. The minimum Gasteiger partial charge on any atom is -0.295 e. The van der Waals surface area contributed by atoms with Gasteiger partial charge in [-0.1, -0.05) is 22.7 Å². The maximum atomic E-state index is 12.3. The van der Waals surface area contributed by atoms with Crippen LogP contribution in [-0.4, -0.2) is 26.2 Å². The van der Waals surface area contributed by atoms with Crippen molar-refractivity contribution in [1.82, 2.24) is 14.6 Å². The van der Waals surface area contributed by atoms with E-state index in [4.69, 9.17) is 0 Å². The van der Waals surface area contributed by atoms with E-state index < -0.39 is 0 Å². The number of nitrogens with zero attached hydrogens (tertiary/aromatic N) is 4. The summed E-state index contributed by atoms with van der Waals surface area (Å²) in [7, 11) is 0. The Balaban J connectivity index is 1.66. The number of benzene rings is 1. The van der Waals surface area contributed by atoms with Crippen molar-refractivity contribution in [3.8, 4) is 11.3 Å². The average Bonchev–Trinajstić information content (AvgIpc) is 3.26. The maximum Gasteiger partial charge on any atom is 0.238 e. The van der Waals surface area contributed by atoms with Gasteiger partial charge in [0.15, 0.2) is 0 Å².